The zero-order valence-electron chi connectivity index (χ0n) is 17.5. The molecule has 4 aromatic rings. The average molecular weight is 452 g/mol. The molecule has 3 heterocycles. The van der Waals surface area contributed by atoms with Crippen LogP contribution in [0.25, 0.3) is 11.1 Å². The third-order valence-corrected chi connectivity index (χ3v) is 4.84. The third kappa shape index (κ3) is 5.79. The van der Waals surface area contributed by atoms with Crippen molar-refractivity contribution in [2.75, 3.05) is 5.32 Å². The molecule has 3 aromatic heterocycles. The van der Waals surface area contributed by atoms with E-state index >= 15 is 0 Å². The fraction of sp³-hybridized carbons (Fsp3) is 0.174. The van der Waals surface area contributed by atoms with Gasteiger partial charge in [-0.15, -0.1) is 0 Å². The van der Waals surface area contributed by atoms with E-state index in [1.54, 1.807) is 35.4 Å². The van der Waals surface area contributed by atoms with Crippen molar-refractivity contribution in [3.63, 3.8) is 0 Å². The predicted molar refractivity (Wildman–Crippen MR) is 115 cm³/mol. The summed E-state index contributed by atoms with van der Waals surface area (Å²) < 4.78 is 39.5. The number of rotatable bonds is 6. The van der Waals surface area contributed by atoms with E-state index < -0.39 is 11.7 Å². The molecule has 10 heteroatoms. The Kier molecular flexibility index (Phi) is 6.16. The second kappa shape index (κ2) is 9.19. The van der Waals surface area contributed by atoms with Crippen molar-refractivity contribution in [3.05, 3.63) is 89.9 Å². The van der Waals surface area contributed by atoms with Gasteiger partial charge in [0.1, 0.15) is 11.6 Å². The number of alkyl halides is 3. The quantitative estimate of drug-likeness (QED) is 0.477. The van der Waals surface area contributed by atoms with Gasteiger partial charge in [0.05, 0.1) is 18.2 Å². The lowest BCUT2D eigenvalue weighted by atomic mass is 10.0. The van der Waals surface area contributed by atoms with Gasteiger partial charge in [-0.25, -0.2) is 15.0 Å². The SMILES string of the molecule is Cn1cc(Cc2ncc(-c3ccc(CC(=O)Nc4ccc(C(F)(F)F)cn4)cc3)cn2)cn1. The lowest BCUT2D eigenvalue weighted by Crippen LogP contribution is -2.15. The highest BCUT2D eigenvalue weighted by Crippen LogP contribution is 2.28. The molecular formula is C23H19F3N6O. The van der Waals surface area contributed by atoms with Gasteiger partial charge in [-0.05, 0) is 28.8 Å². The zero-order valence-corrected chi connectivity index (χ0v) is 17.5. The summed E-state index contributed by atoms with van der Waals surface area (Å²) in [6.07, 6.45) is 4.06. The molecule has 7 nitrogen and oxygen atoms in total. The van der Waals surface area contributed by atoms with Crippen molar-refractivity contribution in [2.24, 2.45) is 7.05 Å². The second-order valence-electron chi connectivity index (χ2n) is 7.44. The monoisotopic (exact) mass is 452 g/mol. The minimum absolute atomic E-state index is 0.0591. The number of aryl methyl sites for hydroxylation is 1. The van der Waals surface area contributed by atoms with Crippen LogP contribution in [0, 0.1) is 0 Å². The van der Waals surface area contributed by atoms with Crippen LogP contribution in [0.4, 0.5) is 19.0 Å². The molecule has 1 aromatic carbocycles. The van der Waals surface area contributed by atoms with Crippen molar-refractivity contribution in [2.45, 2.75) is 19.0 Å². The van der Waals surface area contributed by atoms with Gasteiger partial charge in [0, 0.05) is 43.8 Å². The summed E-state index contributed by atoms with van der Waals surface area (Å²) in [6.45, 7) is 0. The number of carbonyl (C=O) groups is 1. The third-order valence-electron chi connectivity index (χ3n) is 4.84. The second-order valence-corrected chi connectivity index (χ2v) is 7.44. The molecular weight excluding hydrogens is 433 g/mol. The van der Waals surface area contributed by atoms with Gasteiger partial charge in [-0.1, -0.05) is 24.3 Å². The summed E-state index contributed by atoms with van der Waals surface area (Å²) in [7, 11) is 1.85. The number of carbonyl (C=O) groups excluding carboxylic acids is 1. The van der Waals surface area contributed by atoms with Crippen molar-refractivity contribution >= 4 is 11.7 Å². The molecule has 1 amide bonds. The Hall–Kier alpha value is -4.08. The Morgan fingerprint density at radius 3 is 2.21 bits per heavy atom. The molecule has 33 heavy (non-hydrogen) atoms. The largest absolute Gasteiger partial charge is 0.417 e. The number of anilines is 1. The Labute approximate surface area is 187 Å². The summed E-state index contributed by atoms with van der Waals surface area (Å²) in [4.78, 5) is 24.7. The first kappa shape index (κ1) is 22.1. The fourth-order valence-electron chi connectivity index (χ4n) is 3.16. The van der Waals surface area contributed by atoms with E-state index in [1.807, 2.05) is 25.4 Å². The molecule has 0 saturated carbocycles. The topological polar surface area (TPSA) is 85.6 Å². The lowest BCUT2D eigenvalue weighted by molar-refractivity contribution is -0.137. The van der Waals surface area contributed by atoms with Crippen molar-refractivity contribution in [1.29, 1.82) is 0 Å². The standard InChI is InChI=1S/C23H19F3N6O/c1-32-14-16(10-30-32)8-21-27-11-18(12-28-21)17-4-2-15(3-5-17)9-22(33)31-20-7-6-19(13-29-20)23(24,25)26/h2-7,10-14H,8-9H2,1H3,(H,29,31,33). The summed E-state index contributed by atoms with van der Waals surface area (Å²) in [5.74, 6) is 0.378. The van der Waals surface area contributed by atoms with E-state index in [4.69, 9.17) is 0 Å². The molecule has 0 atom stereocenters. The fourth-order valence-corrected chi connectivity index (χ4v) is 3.16. The Morgan fingerprint density at radius 2 is 1.64 bits per heavy atom. The molecule has 168 valence electrons. The molecule has 0 spiro atoms. The summed E-state index contributed by atoms with van der Waals surface area (Å²) in [5.41, 5.74) is 2.65. The van der Waals surface area contributed by atoms with Crippen LogP contribution in [0.2, 0.25) is 0 Å². The van der Waals surface area contributed by atoms with Gasteiger partial charge < -0.3 is 5.32 Å². The van der Waals surface area contributed by atoms with Gasteiger partial charge in [0.25, 0.3) is 0 Å². The maximum atomic E-state index is 12.6. The van der Waals surface area contributed by atoms with Crippen LogP contribution in [0.5, 0.6) is 0 Å². The number of amides is 1. The number of hydrogen-bond donors (Lipinski definition) is 1. The van der Waals surface area contributed by atoms with E-state index in [0.717, 1.165) is 34.4 Å². The van der Waals surface area contributed by atoms with Gasteiger partial charge in [0.15, 0.2) is 0 Å². The van der Waals surface area contributed by atoms with Crippen LogP contribution in [0.1, 0.15) is 22.5 Å². The zero-order chi connectivity index (χ0) is 23.4. The van der Waals surface area contributed by atoms with Crippen LogP contribution in [-0.2, 0) is 30.9 Å². The average Bonchev–Trinajstić information content (AvgIpc) is 3.19. The number of benzene rings is 1. The molecule has 0 unspecified atom stereocenters. The first-order valence-corrected chi connectivity index (χ1v) is 9.97. The van der Waals surface area contributed by atoms with E-state index in [0.29, 0.717) is 18.4 Å². The first-order chi connectivity index (χ1) is 15.8. The van der Waals surface area contributed by atoms with Crippen LogP contribution in [-0.4, -0.2) is 30.6 Å². The highest BCUT2D eigenvalue weighted by molar-refractivity contribution is 5.91. The van der Waals surface area contributed by atoms with Crippen molar-refractivity contribution < 1.29 is 18.0 Å². The minimum Gasteiger partial charge on any atom is -0.310 e. The summed E-state index contributed by atoms with van der Waals surface area (Å²) >= 11 is 0. The van der Waals surface area contributed by atoms with Crippen LogP contribution in [0.3, 0.4) is 0 Å². The van der Waals surface area contributed by atoms with Crippen molar-refractivity contribution in [3.8, 4) is 11.1 Å². The molecule has 0 radical (unpaired) electrons. The molecule has 4 rings (SSSR count). The highest BCUT2D eigenvalue weighted by Gasteiger charge is 2.30. The Balaban J connectivity index is 1.34. The molecule has 0 saturated heterocycles. The molecule has 0 aliphatic heterocycles. The van der Waals surface area contributed by atoms with Crippen LogP contribution in [0.15, 0.2) is 67.4 Å². The maximum Gasteiger partial charge on any atom is 0.417 e. The van der Waals surface area contributed by atoms with Crippen LogP contribution >= 0.6 is 0 Å². The summed E-state index contributed by atoms with van der Waals surface area (Å²) in [6, 6.07) is 9.33. The Morgan fingerprint density at radius 1 is 0.909 bits per heavy atom. The minimum atomic E-state index is -4.47. The number of pyridine rings is 1. The van der Waals surface area contributed by atoms with E-state index in [2.05, 4.69) is 25.4 Å². The number of nitrogens with zero attached hydrogens (tertiary/aromatic N) is 5. The van der Waals surface area contributed by atoms with Crippen molar-refractivity contribution in [1.82, 2.24) is 24.7 Å². The Bertz CT molecular complexity index is 1230. The van der Waals surface area contributed by atoms with E-state index in [-0.39, 0.29) is 18.1 Å². The van der Waals surface area contributed by atoms with Gasteiger partial charge in [-0.2, -0.15) is 18.3 Å². The number of aromatic nitrogens is 5. The van der Waals surface area contributed by atoms with Gasteiger partial charge in [0.2, 0.25) is 5.91 Å². The molecule has 1 N–H and O–H groups in total. The predicted octanol–water partition coefficient (Wildman–Crippen LogP) is 4.06. The van der Waals surface area contributed by atoms with Gasteiger partial charge in [-0.3, -0.25) is 9.48 Å². The smallest absolute Gasteiger partial charge is 0.310 e. The number of halogens is 3. The molecule has 0 fully saturated rings. The summed E-state index contributed by atoms with van der Waals surface area (Å²) in [5, 5.41) is 6.63. The molecule has 0 aliphatic rings. The first-order valence-electron chi connectivity index (χ1n) is 9.97. The number of hydrogen-bond acceptors (Lipinski definition) is 5. The maximum absolute atomic E-state index is 12.6. The van der Waals surface area contributed by atoms with E-state index in [1.165, 1.54) is 0 Å². The molecule has 0 bridgehead atoms. The number of nitrogens with one attached hydrogen (secondary N) is 1. The van der Waals surface area contributed by atoms with Gasteiger partial charge >= 0.3 is 6.18 Å². The highest BCUT2D eigenvalue weighted by atomic mass is 19.4. The normalized spacial score (nSPS) is 11.4. The van der Waals surface area contributed by atoms with E-state index in [9.17, 15) is 18.0 Å². The van der Waals surface area contributed by atoms with Crippen LogP contribution < -0.4 is 5.32 Å². The molecule has 0 aliphatic carbocycles. The lowest BCUT2D eigenvalue weighted by Gasteiger charge is -2.08.